The van der Waals surface area contributed by atoms with Crippen molar-refractivity contribution in [3.05, 3.63) is 42.5 Å². The molecular formula is C19H23NO2. The maximum absolute atomic E-state index is 12.5. The van der Waals surface area contributed by atoms with Crippen LogP contribution in [-0.4, -0.2) is 30.0 Å². The molecule has 0 unspecified atom stereocenters. The van der Waals surface area contributed by atoms with Crippen molar-refractivity contribution < 1.29 is 9.53 Å². The molecule has 2 aromatic carbocycles. The van der Waals surface area contributed by atoms with Crippen LogP contribution in [-0.2, 0) is 4.79 Å². The monoisotopic (exact) mass is 297 g/mol. The van der Waals surface area contributed by atoms with Gasteiger partial charge < -0.3 is 9.64 Å². The SMILES string of the molecule is C[C@@H]1CCCN(C(=O)[C@@H](C)Oc2ccc3ccccc3c2)C1. The molecule has 1 aliphatic heterocycles. The van der Waals surface area contributed by atoms with Crippen molar-refractivity contribution in [3.8, 4) is 5.75 Å². The Kier molecular flexibility index (Phi) is 4.32. The average molecular weight is 297 g/mol. The molecule has 0 aromatic heterocycles. The molecule has 3 rings (SSSR count). The van der Waals surface area contributed by atoms with E-state index in [1.54, 1.807) is 0 Å². The van der Waals surface area contributed by atoms with Gasteiger partial charge in [-0.3, -0.25) is 4.79 Å². The van der Waals surface area contributed by atoms with E-state index in [4.69, 9.17) is 4.74 Å². The molecule has 22 heavy (non-hydrogen) atoms. The van der Waals surface area contributed by atoms with Crippen LogP contribution in [0, 0.1) is 5.92 Å². The number of carbonyl (C=O) groups excluding carboxylic acids is 1. The second kappa shape index (κ2) is 6.39. The van der Waals surface area contributed by atoms with E-state index < -0.39 is 6.10 Å². The van der Waals surface area contributed by atoms with Gasteiger partial charge in [-0.25, -0.2) is 0 Å². The summed E-state index contributed by atoms with van der Waals surface area (Å²) in [7, 11) is 0. The highest BCUT2D eigenvalue weighted by Gasteiger charge is 2.26. The van der Waals surface area contributed by atoms with Crippen LogP contribution in [0.15, 0.2) is 42.5 Å². The molecule has 1 heterocycles. The number of carbonyl (C=O) groups is 1. The summed E-state index contributed by atoms with van der Waals surface area (Å²) in [5, 5.41) is 2.31. The fraction of sp³-hybridized carbons (Fsp3) is 0.421. The van der Waals surface area contributed by atoms with Gasteiger partial charge in [0.05, 0.1) is 0 Å². The Morgan fingerprint density at radius 2 is 2.00 bits per heavy atom. The standard InChI is InChI=1S/C19H23NO2/c1-14-6-5-11-20(13-14)19(21)15(2)22-18-10-9-16-7-3-4-8-17(16)12-18/h3-4,7-10,12,14-15H,5-6,11,13H2,1-2H3/t14-,15-/m1/s1. The van der Waals surface area contributed by atoms with E-state index in [0.29, 0.717) is 5.92 Å². The largest absolute Gasteiger partial charge is 0.481 e. The molecule has 2 aromatic rings. The lowest BCUT2D eigenvalue weighted by Crippen LogP contribution is -2.45. The Bertz CT molecular complexity index is 667. The molecule has 0 radical (unpaired) electrons. The molecule has 1 fully saturated rings. The maximum Gasteiger partial charge on any atom is 0.263 e. The van der Waals surface area contributed by atoms with Gasteiger partial charge in [-0.2, -0.15) is 0 Å². The number of benzene rings is 2. The van der Waals surface area contributed by atoms with Gasteiger partial charge in [0.1, 0.15) is 5.75 Å². The fourth-order valence-corrected chi connectivity index (χ4v) is 3.14. The lowest BCUT2D eigenvalue weighted by atomic mass is 10.00. The minimum Gasteiger partial charge on any atom is -0.481 e. The smallest absolute Gasteiger partial charge is 0.263 e. The topological polar surface area (TPSA) is 29.5 Å². The number of nitrogens with zero attached hydrogens (tertiary/aromatic N) is 1. The van der Waals surface area contributed by atoms with Crippen molar-refractivity contribution in [3.63, 3.8) is 0 Å². The van der Waals surface area contributed by atoms with Crippen LogP contribution >= 0.6 is 0 Å². The number of ether oxygens (including phenoxy) is 1. The van der Waals surface area contributed by atoms with E-state index in [1.165, 1.54) is 11.8 Å². The third-order valence-electron chi connectivity index (χ3n) is 4.35. The van der Waals surface area contributed by atoms with E-state index in [2.05, 4.69) is 19.1 Å². The summed E-state index contributed by atoms with van der Waals surface area (Å²) in [6, 6.07) is 14.1. The zero-order chi connectivity index (χ0) is 15.5. The van der Waals surface area contributed by atoms with E-state index in [0.717, 1.165) is 30.6 Å². The Morgan fingerprint density at radius 1 is 1.23 bits per heavy atom. The van der Waals surface area contributed by atoms with Crippen molar-refractivity contribution in [2.24, 2.45) is 5.92 Å². The van der Waals surface area contributed by atoms with Crippen LogP contribution in [0.25, 0.3) is 10.8 Å². The van der Waals surface area contributed by atoms with Crippen molar-refractivity contribution >= 4 is 16.7 Å². The molecule has 0 saturated carbocycles. The first-order valence-electron chi connectivity index (χ1n) is 8.08. The fourth-order valence-electron chi connectivity index (χ4n) is 3.14. The minimum absolute atomic E-state index is 0.0970. The van der Waals surface area contributed by atoms with Crippen LogP contribution in [0.5, 0.6) is 5.75 Å². The summed E-state index contributed by atoms with van der Waals surface area (Å²) >= 11 is 0. The van der Waals surface area contributed by atoms with Gasteiger partial charge in [0.2, 0.25) is 0 Å². The highest BCUT2D eigenvalue weighted by molar-refractivity contribution is 5.84. The summed E-state index contributed by atoms with van der Waals surface area (Å²) in [5.41, 5.74) is 0. The predicted molar refractivity (Wildman–Crippen MR) is 89.0 cm³/mol. The van der Waals surface area contributed by atoms with Gasteiger partial charge in [-0.1, -0.05) is 37.3 Å². The zero-order valence-electron chi connectivity index (χ0n) is 13.3. The van der Waals surface area contributed by atoms with Crippen LogP contribution in [0.1, 0.15) is 26.7 Å². The average Bonchev–Trinajstić information content (AvgIpc) is 2.54. The summed E-state index contributed by atoms with van der Waals surface area (Å²) in [5.74, 6) is 1.44. The summed E-state index contributed by atoms with van der Waals surface area (Å²) < 4.78 is 5.88. The molecule has 1 amide bonds. The lowest BCUT2D eigenvalue weighted by Gasteiger charge is -2.32. The molecule has 1 saturated heterocycles. The molecule has 0 N–H and O–H groups in total. The van der Waals surface area contributed by atoms with E-state index in [1.807, 2.05) is 42.2 Å². The number of piperidine rings is 1. The first-order valence-corrected chi connectivity index (χ1v) is 8.08. The molecule has 0 spiro atoms. The Morgan fingerprint density at radius 3 is 2.77 bits per heavy atom. The highest BCUT2D eigenvalue weighted by atomic mass is 16.5. The number of likely N-dealkylation sites (tertiary alicyclic amines) is 1. The third-order valence-corrected chi connectivity index (χ3v) is 4.35. The maximum atomic E-state index is 12.5. The quantitative estimate of drug-likeness (QED) is 0.861. The Hall–Kier alpha value is -2.03. The first kappa shape index (κ1) is 14.9. The van der Waals surface area contributed by atoms with Crippen molar-refractivity contribution in [1.29, 1.82) is 0 Å². The van der Waals surface area contributed by atoms with Gasteiger partial charge in [0.15, 0.2) is 6.10 Å². The molecule has 116 valence electrons. The Labute approximate surface area is 131 Å². The highest BCUT2D eigenvalue weighted by Crippen LogP contribution is 2.22. The van der Waals surface area contributed by atoms with Gasteiger partial charge in [-0.15, -0.1) is 0 Å². The van der Waals surface area contributed by atoms with Crippen LogP contribution < -0.4 is 4.74 Å². The molecule has 1 aliphatic rings. The second-order valence-electron chi connectivity index (χ2n) is 6.30. The van der Waals surface area contributed by atoms with Crippen molar-refractivity contribution in [2.75, 3.05) is 13.1 Å². The molecule has 0 aliphatic carbocycles. The minimum atomic E-state index is -0.438. The van der Waals surface area contributed by atoms with E-state index in [-0.39, 0.29) is 5.91 Å². The van der Waals surface area contributed by atoms with Gasteiger partial charge in [0.25, 0.3) is 5.91 Å². The molecule has 2 atom stereocenters. The molecule has 3 nitrogen and oxygen atoms in total. The summed E-state index contributed by atoms with van der Waals surface area (Å²) in [6.07, 6.45) is 1.87. The zero-order valence-corrected chi connectivity index (χ0v) is 13.3. The number of hydrogen-bond acceptors (Lipinski definition) is 2. The van der Waals surface area contributed by atoms with Gasteiger partial charge in [-0.05, 0) is 48.6 Å². The number of fused-ring (bicyclic) bond motifs is 1. The number of hydrogen-bond donors (Lipinski definition) is 0. The van der Waals surface area contributed by atoms with Crippen LogP contribution in [0.4, 0.5) is 0 Å². The summed E-state index contributed by atoms with van der Waals surface area (Å²) in [4.78, 5) is 14.5. The van der Waals surface area contributed by atoms with Crippen LogP contribution in [0.3, 0.4) is 0 Å². The van der Waals surface area contributed by atoms with Crippen LogP contribution in [0.2, 0.25) is 0 Å². The van der Waals surface area contributed by atoms with Gasteiger partial charge >= 0.3 is 0 Å². The predicted octanol–water partition coefficient (Wildman–Crippen LogP) is 3.87. The third kappa shape index (κ3) is 3.24. The molecule has 3 heteroatoms. The van der Waals surface area contributed by atoms with E-state index in [9.17, 15) is 4.79 Å². The molecule has 0 bridgehead atoms. The van der Waals surface area contributed by atoms with Crippen molar-refractivity contribution in [1.82, 2.24) is 4.90 Å². The van der Waals surface area contributed by atoms with Gasteiger partial charge in [0, 0.05) is 13.1 Å². The second-order valence-corrected chi connectivity index (χ2v) is 6.30. The normalized spacial score (nSPS) is 19.9. The molecular weight excluding hydrogens is 274 g/mol. The first-order chi connectivity index (χ1) is 10.6. The Balaban J connectivity index is 1.69. The van der Waals surface area contributed by atoms with Crippen molar-refractivity contribution in [2.45, 2.75) is 32.8 Å². The number of rotatable bonds is 3. The number of amides is 1. The lowest BCUT2D eigenvalue weighted by molar-refractivity contribution is -0.139. The van der Waals surface area contributed by atoms with E-state index >= 15 is 0 Å². The summed E-state index contributed by atoms with van der Waals surface area (Å²) in [6.45, 7) is 5.75.